The molecule has 2 aliphatic heterocycles. The molecule has 2 heterocycles. The summed E-state index contributed by atoms with van der Waals surface area (Å²) in [7, 11) is 0. The van der Waals surface area contributed by atoms with Crippen molar-refractivity contribution in [3.8, 4) is 0 Å². The molecule has 2 N–H and O–H groups in total. The molecule has 2 atom stereocenters. The molecule has 5 heteroatoms. The Morgan fingerprint density at radius 2 is 2.38 bits per heavy atom. The Kier molecular flexibility index (Phi) is 2.41. The van der Waals surface area contributed by atoms with E-state index in [1.165, 1.54) is 0 Å². The molecule has 3 rings (SSSR count). The van der Waals surface area contributed by atoms with Crippen molar-refractivity contribution >= 4 is 5.91 Å². The third-order valence-electron chi connectivity index (χ3n) is 3.12. The number of hydrogen-bond donors (Lipinski definition) is 2. The summed E-state index contributed by atoms with van der Waals surface area (Å²) < 4.78 is 10.8. The van der Waals surface area contributed by atoms with E-state index in [1.54, 1.807) is 6.20 Å². The lowest BCUT2D eigenvalue weighted by atomic mass is 9.93. The first-order valence-electron chi connectivity index (χ1n) is 5.52. The average Bonchev–Trinajstić information content (AvgIpc) is 2.70. The molecule has 1 amide bonds. The Morgan fingerprint density at radius 1 is 1.44 bits per heavy atom. The van der Waals surface area contributed by atoms with Crippen LogP contribution >= 0.6 is 0 Å². The van der Waals surface area contributed by atoms with Crippen LogP contribution in [-0.4, -0.2) is 31.4 Å². The topological polar surface area (TPSA) is 59.6 Å². The van der Waals surface area contributed by atoms with Gasteiger partial charge in [-0.25, -0.2) is 0 Å². The molecule has 1 saturated heterocycles. The standard InChI is InChI=1S/C11H14N2O3/c14-11-1-2-12-8-4-10-9(15-6-16-10)3-7(8)5-13-11/h3,5,8,10,12H,1-2,4,6H2,(H,13,14). The number of hydrogen-bond acceptors (Lipinski definition) is 4. The van der Waals surface area contributed by atoms with Gasteiger partial charge in [-0.1, -0.05) is 0 Å². The third-order valence-corrected chi connectivity index (χ3v) is 3.12. The van der Waals surface area contributed by atoms with Crippen LogP contribution < -0.4 is 10.6 Å². The fraction of sp³-hybridized carbons (Fsp3) is 0.545. The first-order chi connectivity index (χ1) is 7.83. The third kappa shape index (κ3) is 1.72. The first-order valence-corrected chi connectivity index (χ1v) is 5.52. The van der Waals surface area contributed by atoms with E-state index in [9.17, 15) is 4.79 Å². The van der Waals surface area contributed by atoms with E-state index in [0.29, 0.717) is 19.8 Å². The average molecular weight is 222 g/mol. The van der Waals surface area contributed by atoms with Gasteiger partial charge in [-0.3, -0.25) is 4.79 Å². The molecule has 0 radical (unpaired) electrons. The van der Waals surface area contributed by atoms with Gasteiger partial charge in [0.2, 0.25) is 5.91 Å². The SMILES string of the molecule is O=C1CCNC2CC3OCOC3=CC2=CN1. The number of rotatable bonds is 0. The molecule has 0 saturated carbocycles. The van der Waals surface area contributed by atoms with Crippen LogP contribution in [0.3, 0.4) is 0 Å². The van der Waals surface area contributed by atoms with Gasteiger partial charge in [0.15, 0.2) is 6.79 Å². The second-order valence-corrected chi connectivity index (χ2v) is 4.17. The van der Waals surface area contributed by atoms with Gasteiger partial charge in [-0.05, 0) is 11.6 Å². The number of fused-ring (bicyclic) bond motifs is 2. The Labute approximate surface area is 93.5 Å². The fourth-order valence-electron chi connectivity index (χ4n) is 2.23. The quantitative estimate of drug-likeness (QED) is 0.606. The zero-order valence-corrected chi connectivity index (χ0v) is 8.86. The van der Waals surface area contributed by atoms with E-state index in [2.05, 4.69) is 10.6 Å². The van der Waals surface area contributed by atoms with Crippen molar-refractivity contribution < 1.29 is 14.3 Å². The summed E-state index contributed by atoms with van der Waals surface area (Å²) in [5.74, 6) is 0.918. The Morgan fingerprint density at radius 3 is 3.31 bits per heavy atom. The summed E-state index contributed by atoms with van der Waals surface area (Å²) in [6.07, 6.45) is 5.19. The Hall–Kier alpha value is -1.33. The van der Waals surface area contributed by atoms with Crippen molar-refractivity contribution in [2.45, 2.75) is 25.0 Å². The summed E-state index contributed by atoms with van der Waals surface area (Å²) in [5.41, 5.74) is 1.06. The lowest BCUT2D eigenvalue weighted by molar-refractivity contribution is -0.120. The van der Waals surface area contributed by atoms with Crippen LogP contribution in [0.2, 0.25) is 0 Å². The van der Waals surface area contributed by atoms with Gasteiger partial charge in [0.25, 0.3) is 0 Å². The van der Waals surface area contributed by atoms with Crippen LogP contribution in [0.25, 0.3) is 0 Å². The molecule has 1 aliphatic carbocycles. The molecular weight excluding hydrogens is 208 g/mol. The van der Waals surface area contributed by atoms with Crippen molar-refractivity contribution in [1.29, 1.82) is 0 Å². The maximum absolute atomic E-state index is 11.3. The zero-order chi connectivity index (χ0) is 11.0. The summed E-state index contributed by atoms with van der Waals surface area (Å²) >= 11 is 0. The van der Waals surface area contributed by atoms with Crippen LogP contribution in [-0.2, 0) is 14.3 Å². The minimum Gasteiger partial charge on any atom is -0.469 e. The van der Waals surface area contributed by atoms with E-state index in [4.69, 9.17) is 9.47 Å². The second kappa shape index (κ2) is 3.92. The molecule has 86 valence electrons. The molecule has 3 aliphatic rings. The smallest absolute Gasteiger partial charge is 0.225 e. The lowest BCUT2D eigenvalue weighted by Crippen LogP contribution is -2.41. The maximum Gasteiger partial charge on any atom is 0.225 e. The number of carbonyl (C=O) groups is 1. The Balaban J connectivity index is 1.88. The van der Waals surface area contributed by atoms with Gasteiger partial charge in [-0.2, -0.15) is 0 Å². The van der Waals surface area contributed by atoms with E-state index >= 15 is 0 Å². The predicted molar refractivity (Wildman–Crippen MR) is 56.2 cm³/mol. The van der Waals surface area contributed by atoms with Crippen LogP contribution in [0.5, 0.6) is 0 Å². The molecule has 0 spiro atoms. The van der Waals surface area contributed by atoms with Crippen molar-refractivity contribution in [3.05, 3.63) is 23.6 Å². The zero-order valence-electron chi connectivity index (χ0n) is 8.86. The normalized spacial score (nSPS) is 33.4. The van der Waals surface area contributed by atoms with Crippen LogP contribution in [0.4, 0.5) is 0 Å². The molecule has 0 aromatic rings. The molecule has 0 aromatic heterocycles. The fourth-order valence-corrected chi connectivity index (χ4v) is 2.23. The second-order valence-electron chi connectivity index (χ2n) is 4.17. The minimum atomic E-state index is 0.0440. The number of ether oxygens (including phenoxy) is 2. The largest absolute Gasteiger partial charge is 0.469 e. The minimum absolute atomic E-state index is 0.0440. The van der Waals surface area contributed by atoms with Crippen molar-refractivity contribution in [1.82, 2.24) is 10.6 Å². The van der Waals surface area contributed by atoms with Crippen LogP contribution in [0.15, 0.2) is 23.6 Å². The highest BCUT2D eigenvalue weighted by Crippen LogP contribution is 2.30. The lowest BCUT2D eigenvalue weighted by Gasteiger charge is -2.28. The maximum atomic E-state index is 11.3. The summed E-state index contributed by atoms with van der Waals surface area (Å²) in [4.78, 5) is 11.3. The van der Waals surface area contributed by atoms with Crippen molar-refractivity contribution in [2.75, 3.05) is 13.3 Å². The van der Waals surface area contributed by atoms with E-state index in [-0.39, 0.29) is 18.1 Å². The molecule has 5 nitrogen and oxygen atoms in total. The van der Waals surface area contributed by atoms with Crippen molar-refractivity contribution in [2.24, 2.45) is 0 Å². The van der Waals surface area contributed by atoms with Gasteiger partial charge in [0, 0.05) is 31.6 Å². The highest BCUT2D eigenvalue weighted by Gasteiger charge is 2.33. The van der Waals surface area contributed by atoms with Gasteiger partial charge >= 0.3 is 0 Å². The van der Waals surface area contributed by atoms with Crippen LogP contribution in [0.1, 0.15) is 12.8 Å². The Bertz CT molecular complexity index is 375. The predicted octanol–water partition coefficient (Wildman–Crippen LogP) is 0.00890. The van der Waals surface area contributed by atoms with E-state index in [0.717, 1.165) is 17.8 Å². The molecule has 1 fully saturated rings. The summed E-state index contributed by atoms with van der Waals surface area (Å²) in [5, 5.41) is 6.14. The van der Waals surface area contributed by atoms with Gasteiger partial charge in [0.05, 0.1) is 0 Å². The highest BCUT2D eigenvalue weighted by molar-refractivity contribution is 5.77. The number of amides is 1. The summed E-state index contributed by atoms with van der Waals surface area (Å²) in [6, 6.07) is 0.246. The molecule has 2 unspecified atom stereocenters. The number of carbonyl (C=O) groups excluding carboxylic acids is 1. The molecular formula is C11H14N2O3. The monoisotopic (exact) mass is 222 g/mol. The molecule has 0 aromatic carbocycles. The number of nitrogens with one attached hydrogen (secondary N) is 2. The van der Waals surface area contributed by atoms with Crippen LogP contribution in [0, 0.1) is 0 Å². The first kappa shape index (κ1) is 9.86. The van der Waals surface area contributed by atoms with E-state index < -0.39 is 0 Å². The molecule has 0 bridgehead atoms. The van der Waals surface area contributed by atoms with Gasteiger partial charge < -0.3 is 20.1 Å². The van der Waals surface area contributed by atoms with Crippen molar-refractivity contribution in [3.63, 3.8) is 0 Å². The molecule has 16 heavy (non-hydrogen) atoms. The summed E-state index contributed by atoms with van der Waals surface area (Å²) in [6.45, 7) is 1.04. The van der Waals surface area contributed by atoms with E-state index in [1.807, 2.05) is 6.08 Å². The highest BCUT2D eigenvalue weighted by atomic mass is 16.7. The van der Waals surface area contributed by atoms with Gasteiger partial charge in [-0.15, -0.1) is 0 Å². The van der Waals surface area contributed by atoms with Gasteiger partial charge in [0.1, 0.15) is 11.9 Å².